The van der Waals surface area contributed by atoms with Gasteiger partial charge < -0.3 is 19.5 Å². The van der Waals surface area contributed by atoms with Gasteiger partial charge in [0.25, 0.3) is 5.91 Å². The fourth-order valence-corrected chi connectivity index (χ4v) is 2.86. The molecule has 0 aliphatic carbocycles. The molecule has 0 spiro atoms. The quantitative estimate of drug-likeness (QED) is 0.586. The van der Waals surface area contributed by atoms with E-state index in [1.165, 1.54) is 44.6 Å². The van der Waals surface area contributed by atoms with Crippen molar-refractivity contribution in [2.24, 2.45) is 0 Å². The van der Waals surface area contributed by atoms with Crippen LogP contribution in [0.15, 0.2) is 72.8 Å². The number of esters is 1. The van der Waals surface area contributed by atoms with Gasteiger partial charge in [0.2, 0.25) is 6.10 Å². The van der Waals surface area contributed by atoms with Crippen LogP contribution in [0.4, 0.5) is 10.1 Å². The van der Waals surface area contributed by atoms with Crippen LogP contribution in [0.25, 0.3) is 0 Å². The number of carbonyl (C=O) groups is 2. The number of halogens is 1. The molecule has 1 atom stereocenters. The first kappa shape index (κ1) is 20.9. The number of carbonyl (C=O) groups excluding carboxylic acids is 2. The van der Waals surface area contributed by atoms with Gasteiger partial charge >= 0.3 is 5.97 Å². The first-order valence-electron chi connectivity index (χ1n) is 9.07. The van der Waals surface area contributed by atoms with Gasteiger partial charge in [-0.3, -0.25) is 4.79 Å². The molecule has 6 nitrogen and oxygen atoms in total. The Balaban J connectivity index is 1.89. The highest BCUT2D eigenvalue weighted by Gasteiger charge is 2.28. The molecule has 7 heteroatoms. The summed E-state index contributed by atoms with van der Waals surface area (Å²) in [5.41, 5.74) is 0.969. The van der Waals surface area contributed by atoms with E-state index in [9.17, 15) is 14.0 Å². The molecule has 0 bridgehead atoms. The van der Waals surface area contributed by atoms with Crippen LogP contribution in [-0.2, 0) is 9.53 Å². The number of hydrogen-bond donors (Lipinski definition) is 1. The summed E-state index contributed by atoms with van der Waals surface area (Å²) in [6.45, 7) is 0. The van der Waals surface area contributed by atoms with Crippen LogP contribution in [0, 0.1) is 5.82 Å². The van der Waals surface area contributed by atoms with Gasteiger partial charge in [-0.2, -0.15) is 0 Å². The van der Waals surface area contributed by atoms with E-state index in [1.54, 1.807) is 42.5 Å². The van der Waals surface area contributed by atoms with E-state index in [2.05, 4.69) is 5.32 Å². The van der Waals surface area contributed by atoms with E-state index in [-0.39, 0.29) is 11.3 Å². The average molecular weight is 409 g/mol. The number of para-hydroxylation sites is 1. The Labute approximate surface area is 173 Å². The van der Waals surface area contributed by atoms with Crippen LogP contribution < -0.4 is 14.8 Å². The zero-order valence-corrected chi connectivity index (χ0v) is 16.4. The minimum absolute atomic E-state index is 0.118. The van der Waals surface area contributed by atoms with Gasteiger partial charge in [0.1, 0.15) is 11.4 Å². The van der Waals surface area contributed by atoms with Crippen LogP contribution in [0.3, 0.4) is 0 Å². The highest BCUT2D eigenvalue weighted by atomic mass is 19.1. The van der Waals surface area contributed by atoms with E-state index in [0.717, 1.165) is 0 Å². The second-order valence-electron chi connectivity index (χ2n) is 6.23. The van der Waals surface area contributed by atoms with Crippen molar-refractivity contribution in [2.75, 3.05) is 19.5 Å². The molecule has 0 radical (unpaired) electrons. The van der Waals surface area contributed by atoms with Crippen LogP contribution in [0.5, 0.6) is 11.5 Å². The monoisotopic (exact) mass is 409 g/mol. The molecule has 0 saturated heterocycles. The maximum absolute atomic E-state index is 13.1. The molecule has 3 aromatic rings. The van der Waals surface area contributed by atoms with Gasteiger partial charge in [0.05, 0.1) is 14.2 Å². The third kappa shape index (κ3) is 4.75. The van der Waals surface area contributed by atoms with Gasteiger partial charge in [0.15, 0.2) is 11.5 Å². The Hall–Kier alpha value is -3.87. The van der Waals surface area contributed by atoms with Crippen molar-refractivity contribution in [1.29, 1.82) is 0 Å². The predicted molar refractivity (Wildman–Crippen MR) is 109 cm³/mol. The molecule has 0 saturated carbocycles. The zero-order valence-electron chi connectivity index (χ0n) is 16.4. The van der Waals surface area contributed by atoms with Crippen molar-refractivity contribution in [1.82, 2.24) is 0 Å². The molecular formula is C23H20FNO5. The molecule has 0 aliphatic heterocycles. The molecule has 0 unspecified atom stereocenters. The lowest BCUT2D eigenvalue weighted by Gasteiger charge is -2.19. The number of anilines is 1. The third-order valence-electron chi connectivity index (χ3n) is 4.30. The largest absolute Gasteiger partial charge is 0.493 e. The summed E-state index contributed by atoms with van der Waals surface area (Å²) >= 11 is 0. The van der Waals surface area contributed by atoms with Crippen molar-refractivity contribution < 1.29 is 28.2 Å². The number of methoxy groups -OCH3 is 2. The Kier molecular flexibility index (Phi) is 6.64. The lowest BCUT2D eigenvalue weighted by Crippen LogP contribution is -2.26. The van der Waals surface area contributed by atoms with Crippen molar-refractivity contribution in [2.45, 2.75) is 6.10 Å². The van der Waals surface area contributed by atoms with Crippen LogP contribution in [0.1, 0.15) is 22.0 Å². The molecule has 0 heterocycles. The smallest absolute Gasteiger partial charge is 0.343 e. The fourth-order valence-electron chi connectivity index (χ4n) is 2.86. The first-order chi connectivity index (χ1) is 14.5. The zero-order chi connectivity index (χ0) is 21.5. The summed E-state index contributed by atoms with van der Waals surface area (Å²) in [7, 11) is 2.86. The van der Waals surface area contributed by atoms with E-state index in [1.807, 2.05) is 0 Å². The normalized spacial score (nSPS) is 11.3. The average Bonchev–Trinajstić information content (AvgIpc) is 2.78. The summed E-state index contributed by atoms with van der Waals surface area (Å²) in [4.78, 5) is 25.8. The van der Waals surface area contributed by atoms with Crippen molar-refractivity contribution >= 4 is 17.6 Å². The number of benzene rings is 3. The molecule has 0 fully saturated rings. The number of hydrogen-bond acceptors (Lipinski definition) is 5. The molecule has 0 aromatic heterocycles. The minimum atomic E-state index is -1.24. The van der Waals surface area contributed by atoms with E-state index in [4.69, 9.17) is 14.2 Å². The summed E-state index contributed by atoms with van der Waals surface area (Å²) in [5, 5.41) is 2.64. The van der Waals surface area contributed by atoms with Crippen LogP contribution in [0.2, 0.25) is 0 Å². The highest BCUT2D eigenvalue weighted by molar-refractivity contribution is 5.99. The fraction of sp³-hybridized carbons (Fsp3) is 0.130. The van der Waals surface area contributed by atoms with E-state index in [0.29, 0.717) is 17.0 Å². The highest BCUT2D eigenvalue weighted by Crippen LogP contribution is 2.32. The van der Waals surface area contributed by atoms with Crippen molar-refractivity contribution in [3.05, 3.63) is 89.7 Å². The van der Waals surface area contributed by atoms with Crippen molar-refractivity contribution in [3.63, 3.8) is 0 Å². The Morgan fingerprint density at radius 2 is 1.57 bits per heavy atom. The first-order valence-corrected chi connectivity index (χ1v) is 9.07. The third-order valence-corrected chi connectivity index (χ3v) is 4.30. The lowest BCUT2D eigenvalue weighted by molar-refractivity contribution is -0.125. The maximum atomic E-state index is 13.1. The number of rotatable bonds is 7. The predicted octanol–water partition coefficient (Wildman–Crippen LogP) is 4.38. The molecule has 3 rings (SSSR count). The standard InChI is InChI=1S/C23H20FNO5/c1-28-19-10-6-9-18(21(19)29-2)23(27)30-20(15-7-4-3-5-8-15)22(26)25-17-13-11-16(24)12-14-17/h3-14,20H,1-2H3,(H,25,26)/t20-/m0/s1. The topological polar surface area (TPSA) is 73.9 Å². The SMILES string of the molecule is COc1cccc(C(=O)O[C@H](C(=O)Nc2ccc(F)cc2)c2ccccc2)c1OC. The van der Waals surface area contributed by atoms with Gasteiger partial charge in [-0.05, 0) is 36.4 Å². The summed E-state index contributed by atoms with van der Waals surface area (Å²) in [5.74, 6) is -1.20. The van der Waals surface area contributed by atoms with Crippen LogP contribution in [-0.4, -0.2) is 26.1 Å². The summed E-state index contributed by atoms with van der Waals surface area (Å²) < 4.78 is 29.2. The van der Waals surface area contributed by atoms with Crippen LogP contribution >= 0.6 is 0 Å². The van der Waals surface area contributed by atoms with E-state index >= 15 is 0 Å². The second-order valence-corrected chi connectivity index (χ2v) is 6.23. The van der Waals surface area contributed by atoms with Crippen molar-refractivity contribution in [3.8, 4) is 11.5 Å². The molecule has 30 heavy (non-hydrogen) atoms. The van der Waals surface area contributed by atoms with Gasteiger partial charge in [-0.25, -0.2) is 9.18 Å². The Morgan fingerprint density at radius 3 is 2.20 bits per heavy atom. The molecular weight excluding hydrogens is 389 g/mol. The Bertz CT molecular complexity index is 1020. The number of amides is 1. The number of ether oxygens (including phenoxy) is 3. The molecule has 154 valence electrons. The number of nitrogens with one attached hydrogen (secondary N) is 1. The summed E-state index contributed by atoms with van der Waals surface area (Å²) in [6, 6.07) is 18.6. The van der Waals surface area contributed by atoms with Gasteiger partial charge in [0, 0.05) is 11.3 Å². The Morgan fingerprint density at radius 1 is 0.867 bits per heavy atom. The minimum Gasteiger partial charge on any atom is -0.493 e. The second kappa shape index (κ2) is 9.56. The lowest BCUT2D eigenvalue weighted by atomic mass is 10.1. The molecule has 1 amide bonds. The van der Waals surface area contributed by atoms with Gasteiger partial charge in [-0.15, -0.1) is 0 Å². The van der Waals surface area contributed by atoms with E-state index < -0.39 is 23.8 Å². The maximum Gasteiger partial charge on any atom is 0.343 e. The van der Waals surface area contributed by atoms with Gasteiger partial charge in [-0.1, -0.05) is 36.4 Å². The molecule has 3 aromatic carbocycles. The molecule has 1 N–H and O–H groups in total. The molecule has 0 aliphatic rings. The summed E-state index contributed by atoms with van der Waals surface area (Å²) in [6.07, 6.45) is -1.24.